The predicted octanol–water partition coefficient (Wildman–Crippen LogP) is 4.04. The van der Waals surface area contributed by atoms with Gasteiger partial charge in [-0.15, -0.1) is 0 Å². The van der Waals surface area contributed by atoms with Gasteiger partial charge in [-0.25, -0.2) is 3.15 Å². The average Bonchev–Trinajstić information content (AvgIpc) is 2.73. The molecule has 0 amide bonds. The summed E-state index contributed by atoms with van der Waals surface area (Å²) in [5.74, 6) is 0. The van der Waals surface area contributed by atoms with Gasteiger partial charge in [-0.05, 0) is 48.1 Å². The van der Waals surface area contributed by atoms with Crippen molar-refractivity contribution < 1.29 is 0 Å². The second-order valence-corrected chi connectivity index (χ2v) is 9.51. The Morgan fingerprint density at radius 3 is 2.95 bits per heavy atom. The Balaban J connectivity index is 1.95. The Morgan fingerprint density at radius 2 is 2.15 bits per heavy atom. The summed E-state index contributed by atoms with van der Waals surface area (Å²) in [5.41, 5.74) is 6.33. The van der Waals surface area contributed by atoms with Crippen molar-refractivity contribution >= 4 is 32.7 Å². The normalized spacial score (nSPS) is 33.4. The largest absolute Gasteiger partial charge is 0.313 e. The first-order chi connectivity index (χ1) is 9.43. The molecule has 1 saturated heterocycles. The number of hydrogen-bond donors (Lipinski definition) is 1. The maximum Gasteiger partial charge on any atom is 0.121 e. The molecule has 1 N–H and O–H groups in total. The lowest BCUT2D eigenvalue weighted by Crippen LogP contribution is -2.62. The number of halogens is 1. The van der Waals surface area contributed by atoms with Gasteiger partial charge < -0.3 is 8.43 Å². The van der Waals surface area contributed by atoms with E-state index >= 15 is 0 Å². The third-order valence-corrected chi connectivity index (χ3v) is 8.00. The molecule has 4 rings (SSSR count). The lowest BCUT2D eigenvalue weighted by Gasteiger charge is -2.57. The van der Waals surface area contributed by atoms with Crippen LogP contribution in [0.15, 0.2) is 15.3 Å². The molecular weight excluding hydrogens is 361 g/mol. The number of fused-ring (bicyclic) bond motifs is 5. The maximum atomic E-state index is 4.76. The summed E-state index contributed by atoms with van der Waals surface area (Å²) < 4.78 is 7.13. The molecule has 4 heteroatoms. The third kappa shape index (κ3) is 1.49. The zero-order valence-corrected chi connectivity index (χ0v) is 14.8. The molecule has 2 atom stereocenters. The number of rotatable bonds is 0. The minimum Gasteiger partial charge on any atom is -0.313 e. The molecule has 0 saturated carbocycles. The van der Waals surface area contributed by atoms with Crippen LogP contribution in [-0.2, 0) is 11.8 Å². The average molecular weight is 383 g/mol. The minimum atomic E-state index is -0.179. The molecule has 2 bridgehead atoms. The highest BCUT2D eigenvalue weighted by Crippen LogP contribution is 2.56. The molecule has 3 aliphatic rings. The second-order valence-electron chi connectivity index (χ2n) is 7.15. The number of nitrogens with zero attached hydrogens (tertiary/aromatic N) is 2. The van der Waals surface area contributed by atoms with Gasteiger partial charge >= 0.3 is 0 Å². The Morgan fingerprint density at radius 1 is 1.35 bits per heavy atom. The maximum absolute atomic E-state index is 4.76. The molecular formula is C16H22IN3. The molecule has 1 aliphatic carbocycles. The fourth-order valence-corrected chi connectivity index (χ4v) is 5.80. The van der Waals surface area contributed by atoms with Crippen molar-refractivity contribution in [3.05, 3.63) is 23.3 Å². The lowest BCUT2D eigenvalue weighted by molar-refractivity contribution is 0.0560. The first-order valence-corrected chi connectivity index (χ1v) is 9.36. The summed E-state index contributed by atoms with van der Waals surface area (Å²) >= 11 is -0.179. The van der Waals surface area contributed by atoms with Crippen LogP contribution >= 0.6 is 21.3 Å². The first-order valence-electron chi connectivity index (χ1n) is 7.43. The standard InChI is InChI=1S/C16H22IN3/c1-15(2)14-8-10-7-12-13(20(4)17-19-12)9-11(10)16(15,3)5-6-18-14/h7,9,14,18H,5-6,8H2,1-4H3/t14-,16+/m1/s1. The molecule has 0 aromatic heterocycles. The smallest absolute Gasteiger partial charge is 0.121 e. The van der Waals surface area contributed by atoms with Crippen LogP contribution in [0, 0.1) is 5.41 Å². The van der Waals surface area contributed by atoms with E-state index in [9.17, 15) is 0 Å². The molecule has 2 aliphatic heterocycles. The second kappa shape index (κ2) is 4.03. The van der Waals surface area contributed by atoms with Crippen LogP contribution in [0.2, 0.25) is 0 Å². The minimum absolute atomic E-state index is 0.179. The molecule has 0 radical (unpaired) electrons. The summed E-state index contributed by atoms with van der Waals surface area (Å²) in [6, 6.07) is 5.44. The third-order valence-electron chi connectivity index (χ3n) is 6.10. The molecule has 1 aromatic carbocycles. The number of piperidine rings is 1. The Kier molecular flexibility index (Phi) is 2.66. The van der Waals surface area contributed by atoms with Gasteiger partial charge in [-0.1, -0.05) is 20.8 Å². The van der Waals surface area contributed by atoms with Crippen molar-refractivity contribution in [3.63, 3.8) is 0 Å². The molecule has 1 fully saturated rings. The van der Waals surface area contributed by atoms with E-state index in [2.05, 4.69) is 48.4 Å². The number of nitrogens with one attached hydrogen (secondary N) is 1. The highest BCUT2D eigenvalue weighted by Gasteiger charge is 2.53. The fourth-order valence-electron chi connectivity index (χ4n) is 4.24. The van der Waals surface area contributed by atoms with Crippen molar-refractivity contribution in [2.24, 2.45) is 8.56 Å². The van der Waals surface area contributed by atoms with Gasteiger partial charge in [0.15, 0.2) is 0 Å². The van der Waals surface area contributed by atoms with Gasteiger partial charge in [0.2, 0.25) is 0 Å². The van der Waals surface area contributed by atoms with E-state index < -0.39 is 0 Å². The Hall–Kier alpha value is -0.490. The van der Waals surface area contributed by atoms with Crippen molar-refractivity contribution in [1.82, 2.24) is 5.32 Å². The van der Waals surface area contributed by atoms with E-state index in [1.54, 1.807) is 5.56 Å². The van der Waals surface area contributed by atoms with E-state index in [0.29, 0.717) is 11.5 Å². The van der Waals surface area contributed by atoms with Gasteiger partial charge in [0, 0.05) is 18.5 Å². The quantitative estimate of drug-likeness (QED) is 0.541. The molecule has 20 heavy (non-hydrogen) atoms. The lowest BCUT2D eigenvalue weighted by atomic mass is 9.51. The highest BCUT2D eigenvalue weighted by molar-refractivity contribution is 14.2. The van der Waals surface area contributed by atoms with Crippen molar-refractivity contribution in [3.8, 4) is 0 Å². The fraction of sp³-hybridized carbons (Fsp3) is 0.625. The van der Waals surface area contributed by atoms with E-state index in [0.717, 1.165) is 13.0 Å². The summed E-state index contributed by atoms with van der Waals surface area (Å²) in [5, 5.41) is 3.75. The summed E-state index contributed by atoms with van der Waals surface area (Å²) in [4.78, 5) is 0. The molecule has 2 heterocycles. The topological polar surface area (TPSA) is 27.6 Å². The van der Waals surface area contributed by atoms with Crippen LogP contribution in [0.5, 0.6) is 0 Å². The Bertz CT molecular complexity index is 622. The first kappa shape index (κ1) is 13.2. The monoisotopic (exact) mass is 383 g/mol. The molecule has 1 aromatic rings. The van der Waals surface area contributed by atoms with E-state index in [1.807, 2.05) is 0 Å². The van der Waals surface area contributed by atoms with E-state index in [4.69, 9.17) is 3.15 Å². The van der Waals surface area contributed by atoms with Gasteiger partial charge in [-0.3, -0.25) is 0 Å². The van der Waals surface area contributed by atoms with Gasteiger partial charge in [0.1, 0.15) is 21.3 Å². The molecule has 3 nitrogen and oxygen atoms in total. The number of anilines is 1. The predicted molar refractivity (Wildman–Crippen MR) is 92.2 cm³/mol. The molecule has 0 unspecified atom stereocenters. The zero-order chi connectivity index (χ0) is 14.1. The zero-order valence-electron chi connectivity index (χ0n) is 12.6. The number of benzene rings is 1. The summed E-state index contributed by atoms with van der Waals surface area (Å²) in [6.07, 6.45) is 2.39. The van der Waals surface area contributed by atoms with Crippen molar-refractivity contribution in [2.45, 2.75) is 45.1 Å². The highest BCUT2D eigenvalue weighted by atomic mass is 127. The van der Waals surface area contributed by atoms with E-state index in [-0.39, 0.29) is 26.7 Å². The molecule has 0 spiro atoms. The van der Waals surface area contributed by atoms with Crippen molar-refractivity contribution in [1.29, 1.82) is 0 Å². The number of hydrogen-bond acceptors (Lipinski definition) is 3. The SMILES string of the molecule is CN1I=Nc2cc3c(cc21)[C@]1(C)CCN[C@H](C3)C1(C)C. The van der Waals surface area contributed by atoms with Crippen LogP contribution in [0.1, 0.15) is 38.3 Å². The van der Waals surface area contributed by atoms with Gasteiger partial charge in [0.25, 0.3) is 0 Å². The van der Waals surface area contributed by atoms with Crippen LogP contribution in [0.25, 0.3) is 0 Å². The molecule has 108 valence electrons. The summed E-state index contributed by atoms with van der Waals surface area (Å²) in [6.45, 7) is 8.52. The van der Waals surface area contributed by atoms with Crippen LogP contribution in [0.4, 0.5) is 11.4 Å². The summed E-state index contributed by atoms with van der Waals surface area (Å²) in [7, 11) is 2.19. The van der Waals surface area contributed by atoms with Crippen LogP contribution < -0.4 is 8.43 Å². The van der Waals surface area contributed by atoms with Crippen molar-refractivity contribution in [2.75, 3.05) is 16.7 Å². The van der Waals surface area contributed by atoms with Crippen LogP contribution in [0.3, 0.4) is 0 Å². The van der Waals surface area contributed by atoms with E-state index in [1.165, 1.54) is 23.4 Å². The van der Waals surface area contributed by atoms with Gasteiger partial charge in [0.05, 0.1) is 11.4 Å². The van der Waals surface area contributed by atoms with Crippen LogP contribution in [-0.4, -0.2) is 19.6 Å². The van der Waals surface area contributed by atoms with Gasteiger partial charge in [-0.2, -0.15) is 0 Å². The Labute approximate surface area is 131 Å².